The fourth-order valence-electron chi connectivity index (χ4n) is 3.32. The third kappa shape index (κ3) is 5.06. The van der Waals surface area contributed by atoms with Gasteiger partial charge in [0.2, 0.25) is 10.0 Å². The van der Waals surface area contributed by atoms with E-state index in [4.69, 9.17) is 9.47 Å². The first-order chi connectivity index (χ1) is 15.9. The Bertz CT molecular complexity index is 1380. The molecule has 1 heterocycles. The van der Waals surface area contributed by atoms with E-state index in [0.29, 0.717) is 27.3 Å². The number of methoxy groups -OCH3 is 1. The zero-order valence-electron chi connectivity index (χ0n) is 19.0. The average Bonchev–Trinajstić information content (AvgIpc) is 3.50. The quantitative estimate of drug-likeness (QED) is 0.373. The summed E-state index contributed by atoms with van der Waals surface area (Å²) in [7, 11) is -2.32. The Hall–Kier alpha value is -2.61. The van der Waals surface area contributed by atoms with Crippen LogP contribution in [0, 0.1) is 9.39 Å². The molecule has 1 aliphatic rings. The molecule has 34 heavy (non-hydrogen) atoms. The van der Waals surface area contributed by atoms with E-state index in [9.17, 15) is 17.6 Å². The number of aromatic nitrogens is 2. The van der Waals surface area contributed by atoms with Crippen molar-refractivity contribution in [3.05, 3.63) is 39.8 Å². The first-order valence-corrected chi connectivity index (χ1v) is 13.1. The number of fused-ring (bicyclic) bond motifs is 1. The van der Waals surface area contributed by atoms with Gasteiger partial charge < -0.3 is 14.8 Å². The van der Waals surface area contributed by atoms with Gasteiger partial charge in [0.1, 0.15) is 22.9 Å². The molecule has 1 saturated carbocycles. The van der Waals surface area contributed by atoms with Gasteiger partial charge in [-0.3, -0.25) is 4.72 Å². The topological polar surface area (TPSA) is 112 Å². The molecule has 1 aliphatic carbocycles. The minimum atomic E-state index is -3.69. The summed E-state index contributed by atoms with van der Waals surface area (Å²) in [6.45, 7) is 5.19. The second-order valence-electron chi connectivity index (χ2n) is 8.89. The maximum Gasteiger partial charge on any atom is 0.435 e. The fourth-order valence-corrected chi connectivity index (χ4v) is 5.18. The van der Waals surface area contributed by atoms with Crippen LogP contribution in [0.25, 0.3) is 10.9 Å². The number of nitrogens with zero attached hydrogens (tertiary/aromatic N) is 2. The van der Waals surface area contributed by atoms with E-state index in [2.05, 4.69) is 15.1 Å². The summed E-state index contributed by atoms with van der Waals surface area (Å²) in [6.07, 6.45) is 1.79. The van der Waals surface area contributed by atoms with Crippen molar-refractivity contribution >= 4 is 66.7 Å². The maximum atomic E-state index is 14.7. The Morgan fingerprint density at radius 1 is 1.24 bits per heavy atom. The van der Waals surface area contributed by atoms with Crippen molar-refractivity contribution in [1.29, 1.82) is 0 Å². The lowest BCUT2D eigenvalue weighted by Gasteiger charge is -2.20. The van der Waals surface area contributed by atoms with Gasteiger partial charge in [0.15, 0.2) is 0 Å². The molecule has 1 aromatic heterocycles. The van der Waals surface area contributed by atoms with Crippen LogP contribution in [-0.4, -0.2) is 42.3 Å². The normalized spacial score (nSPS) is 14.2. The number of hydrogen-bond donors (Lipinski definition) is 2. The molecule has 2 aromatic carbocycles. The van der Waals surface area contributed by atoms with Crippen molar-refractivity contribution < 1.29 is 27.1 Å². The summed E-state index contributed by atoms with van der Waals surface area (Å²) < 4.78 is 55.5. The first kappa shape index (κ1) is 24.5. The highest BCUT2D eigenvalue weighted by Gasteiger charge is 2.37. The summed E-state index contributed by atoms with van der Waals surface area (Å²) in [6, 6.07) is 6.09. The molecule has 2 N–H and O–H groups in total. The Morgan fingerprint density at radius 2 is 1.94 bits per heavy atom. The maximum absolute atomic E-state index is 14.7. The second kappa shape index (κ2) is 8.87. The van der Waals surface area contributed by atoms with Crippen LogP contribution in [-0.2, 0) is 14.8 Å². The van der Waals surface area contributed by atoms with Gasteiger partial charge in [0.25, 0.3) is 0 Å². The van der Waals surface area contributed by atoms with Gasteiger partial charge in [0, 0.05) is 15.0 Å². The van der Waals surface area contributed by atoms with E-state index in [0.717, 1.165) is 4.68 Å². The number of halogens is 2. The van der Waals surface area contributed by atoms with Crippen molar-refractivity contribution in [3.63, 3.8) is 0 Å². The highest BCUT2D eigenvalue weighted by Crippen LogP contribution is 2.43. The third-order valence-electron chi connectivity index (χ3n) is 5.02. The number of carbonyl (C=O) groups excluding carboxylic acids is 1. The van der Waals surface area contributed by atoms with Gasteiger partial charge >= 0.3 is 6.09 Å². The van der Waals surface area contributed by atoms with Gasteiger partial charge in [-0.15, -0.1) is 0 Å². The van der Waals surface area contributed by atoms with E-state index < -0.39 is 32.8 Å². The molecule has 0 spiro atoms. The predicted octanol–water partition coefficient (Wildman–Crippen LogP) is 5.22. The highest BCUT2D eigenvalue weighted by molar-refractivity contribution is 14.1. The largest absolute Gasteiger partial charge is 0.494 e. The van der Waals surface area contributed by atoms with Crippen molar-refractivity contribution in [2.45, 2.75) is 44.5 Å². The number of sulfonamides is 1. The first-order valence-electron chi connectivity index (χ1n) is 10.5. The summed E-state index contributed by atoms with van der Waals surface area (Å²) >= 11 is 1.99. The van der Waals surface area contributed by atoms with Crippen LogP contribution < -0.4 is 14.8 Å². The lowest BCUT2D eigenvalue weighted by Crippen LogP contribution is -2.27. The lowest BCUT2D eigenvalue weighted by molar-refractivity contribution is 0.0522. The molecule has 1 fully saturated rings. The lowest BCUT2D eigenvalue weighted by atomic mass is 10.1. The van der Waals surface area contributed by atoms with Crippen LogP contribution in [0.15, 0.2) is 30.5 Å². The minimum Gasteiger partial charge on any atom is -0.494 e. The minimum absolute atomic E-state index is 0.101. The van der Waals surface area contributed by atoms with Crippen LogP contribution in [0.5, 0.6) is 5.75 Å². The molecule has 0 saturated heterocycles. The average molecular weight is 602 g/mol. The Kier molecular flexibility index (Phi) is 6.40. The predicted molar refractivity (Wildman–Crippen MR) is 136 cm³/mol. The number of carbonyl (C=O) groups is 1. The van der Waals surface area contributed by atoms with Gasteiger partial charge in [-0.25, -0.2) is 17.6 Å². The van der Waals surface area contributed by atoms with E-state index >= 15 is 0 Å². The number of anilines is 3. The van der Waals surface area contributed by atoms with Gasteiger partial charge in [0.05, 0.1) is 35.4 Å². The Balaban J connectivity index is 1.91. The van der Waals surface area contributed by atoms with Crippen molar-refractivity contribution in [1.82, 2.24) is 9.78 Å². The van der Waals surface area contributed by atoms with Gasteiger partial charge in [-0.1, -0.05) is 0 Å². The molecule has 12 heteroatoms. The zero-order chi connectivity index (χ0) is 24.8. The Labute approximate surface area is 210 Å². The smallest absolute Gasteiger partial charge is 0.435 e. The second-order valence-corrected chi connectivity index (χ2v) is 12.1. The molecule has 0 radical (unpaired) electrons. The molecule has 3 aromatic rings. The van der Waals surface area contributed by atoms with Crippen molar-refractivity contribution in [2.24, 2.45) is 0 Å². The number of benzene rings is 2. The van der Waals surface area contributed by atoms with E-state index in [1.54, 1.807) is 32.9 Å². The fraction of sp³-hybridized carbons (Fsp3) is 0.364. The summed E-state index contributed by atoms with van der Waals surface area (Å²) in [5, 5.41) is 7.00. The number of nitrogens with one attached hydrogen (secondary N) is 2. The Morgan fingerprint density at radius 3 is 2.53 bits per heavy atom. The van der Waals surface area contributed by atoms with Crippen LogP contribution in [0.2, 0.25) is 0 Å². The van der Waals surface area contributed by atoms with Crippen LogP contribution in [0.3, 0.4) is 0 Å². The van der Waals surface area contributed by atoms with E-state index in [1.807, 2.05) is 22.6 Å². The molecule has 9 nitrogen and oxygen atoms in total. The molecular formula is C22H24FIN4O5S. The van der Waals surface area contributed by atoms with Gasteiger partial charge in [-0.05, 0) is 74.4 Å². The molecule has 0 unspecified atom stereocenters. The van der Waals surface area contributed by atoms with Crippen LogP contribution >= 0.6 is 22.6 Å². The molecule has 0 amide bonds. The van der Waals surface area contributed by atoms with Crippen molar-refractivity contribution in [3.8, 4) is 5.75 Å². The highest BCUT2D eigenvalue weighted by atomic mass is 127. The molecule has 0 aliphatic heterocycles. The summed E-state index contributed by atoms with van der Waals surface area (Å²) in [4.78, 5) is 12.8. The standard InChI is InChI=1S/C22H24FIN4O5S/c1-22(2,3)33-21(29)28-17-10-18(32-4)20(27-34(30,31)13-6-7-13)19(14(17)11-25-28)26-16-8-5-12(24)9-15(16)23/h5,8-11,13,26-27H,6-7H2,1-4H3. The number of rotatable bonds is 6. The number of hydrogen-bond acceptors (Lipinski definition) is 7. The summed E-state index contributed by atoms with van der Waals surface area (Å²) in [5.41, 5.74) is -0.0390. The number of ether oxygens (including phenoxy) is 2. The third-order valence-corrected chi connectivity index (χ3v) is 7.53. The van der Waals surface area contributed by atoms with Crippen molar-refractivity contribution in [2.75, 3.05) is 17.1 Å². The van der Waals surface area contributed by atoms with E-state index in [-0.39, 0.29) is 22.8 Å². The van der Waals surface area contributed by atoms with Crippen LogP contribution in [0.1, 0.15) is 33.6 Å². The molecule has 4 rings (SSSR count). The van der Waals surface area contributed by atoms with Crippen LogP contribution in [0.4, 0.5) is 26.2 Å². The van der Waals surface area contributed by atoms with Gasteiger partial charge in [-0.2, -0.15) is 9.78 Å². The molecule has 0 bridgehead atoms. The SMILES string of the molecule is COc1cc2c(cnn2C(=O)OC(C)(C)C)c(Nc2ccc(I)cc2F)c1NS(=O)(=O)C1CC1. The molecule has 182 valence electrons. The molecule has 0 atom stereocenters. The van der Waals surface area contributed by atoms with E-state index in [1.165, 1.54) is 25.4 Å². The monoisotopic (exact) mass is 602 g/mol. The molecular weight excluding hydrogens is 578 g/mol. The summed E-state index contributed by atoms with van der Waals surface area (Å²) in [5.74, 6) is -0.395. The zero-order valence-corrected chi connectivity index (χ0v) is 22.0.